The van der Waals surface area contributed by atoms with Crippen LogP contribution < -0.4 is 0 Å². The van der Waals surface area contributed by atoms with Crippen molar-refractivity contribution in [3.63, 3.8) is 0 Å². The molecule has 0 spiro atoms. The molecular formula is C13H21BO4. The van der Waals surface area contributed by atoms with Gasteiger partial charge in [-0.25, -0.2) is 0 Å². The Morgan fingerprint density at radius 3 is 2.39 bits per heavy atom. The third kappa shape index (κ3) is 2.34. The van der Waals surface area contributed by atoms with E-state index >= 15 is 0 Å². The summed E-state index contributed by atoms with van der Waals surface area (Å²) in [6, 6.07) is 0. The fraction of sp³-hybridized carbons (Fsp3) is 0.769. The van der Waals surface area contributed by atoms with Gasteiger partial charge in [-0.15, -0.1) is 0 Å². The van der Waals surface area contributed by atoms with Crippen molar-refractivity contribution in [3.8, 4) is 0 Å². The van der Waals surface area contributed by atoms with Crippen molar-refractivity contribution in [3.05, 3.63) is 11.0 Å². The molecule has 0 aromatic rings. The number of allylic oxidation sites excluding steroid dienone is 1. The average Bonchev–Trinajstić information content (AvgIpc) is 2.79. The van der Waals surface area contributed by atoms with E-state index in [0.717, 1.165) is 30.3 Å². The molecule has 1 aliphatic heterocycles. The van der Waals surface area contributed by atoms with Crippen molar-refractivity contribution in [2.24, 2.45) is 0 Å². The van der Waals surface area contributed by atoms with Gasteiger partial charge in [-0.1, -0.05) is 0 Å². The van der Waals surface area contributed by atoms with Crippen LogP contribution in [0.1, 0.15) is 47.0 Å². The molecule has 0 N–H and O–H groups in total. The van der Waals surface area contributed by atoms with Gasteiger partial charge in [0.25, 0.3) is 6.47 Å². The highest BCUT2D eigenvalue weighted by atomic mass is 16.7. The van der Waals surface area contributed by atoms with Crippen LogP contribution in [0.2, 0.25) is 0 Å². The first-order chi connectivity index (χ1) is 8.37. The Bertz CT molecular complexity index is 357. The zero-order valence-corrected chi connectivity index (χ0v) is 11.6. The molecule has 0 aromatic heterocycles. The Labute approximate surface area is 109 Å². The van der Waals surface area contributed by atoms with Gasteiger partial charge in [-0.2, -0.15) is 0 Å². The van der Waals surface area contributed by atoms with Crippen molar-refractivity contribution >= 4 is 13.6 Å². The first-order valence-electron chi connectivity index (χ1n) is 6.49. The maximum atomic E-state index is 10.3. The predicted molar refractivity (Wildman–Crippen MR) is 69.0 cm³/mol. The molecule has 2 aliphatic rings. The van der Waals surface area contributed by atoms with E-state index in [1.807, 2.05) is 27.7 Å². The number of rotatable bonds is 4. The summed E-state index contributed by atoms with van der Waals surface area (Å²) in [5.41, 5.74) is 1.68. The molecule has 0 amide bonds. The summed E-state index contributed by atoms with van der Waals surface area (Å²) in [4.78, 5) is 10.3. The molecule has 0 aromatic carbocycles. The van der Waals surface area contributed by atoms with Crippen molar-refractivity contribution in [2.75, 3.05) is 6.61 Å². The highest BCUT2D eigenvalue weighted by Crippen LogP contribution is 2.41. The minimum absolute atomic E-state index is 0.289. The Morgan fingerprint density at radius 1 is 1.22 bits per heavy atom. The number of hydrogen-bond donors (Lipinski definition) is 0. The monoisotopic (exact) mass is 252 g/mol. The van der Waals surface area contributed by atoms with Crippen molar-refractivity contribution in [1.29, 1.82) is 0 Å². The van der Waals surface area contributed by atoms with Gasteiger partial charge in [0, 0.05) is 0 Å². The van der Waals surface area contributed by atoms with Crippen LogP contribution in [-0.2, 0) is 18.8 Å². The maximum Gasteiger partial charge on any atom is 0.490 e. The van der Waals surface area contributed by atoms with Gasteiger partial charge in [0.05, 0.1) is 11.2 Å². The largest absolute Gasteiger partial charge is 0.490 e. The van der Waals surface area contributed by atoms with Gasteiger partial charge >= 0.3 is 7.12 Å². The van der Waals surface area contributed by atoms with E-state index in [1.165, 1.54) is 0 Å². The molecule has 1 saturated heterocycles. The van der Waals surface area contributed by atoms with Crippen LogP contribution in [0.25, 0.3) is 0 Å². The lowest BCUT2D eigenvalue weighted by molar-refractivity contribution is -0.127. The molecule has 0 unspecified atom stereocenters. The summed E-state index contributed by atoms with van der Waals surface area (Å²) in [6.45, 7) is 9.04. The van der Waals surface area contributed by atoms with Gasteiger partial charge in [-0.05, 0) is 58.0 Å². The molecule has 100 valence electrons. The van der Waals surface area contributed by atoms with Crippen LogP contribution in [0.5, 0.6) is 0 Å². The quantitative estimate of drug-likeness (QED) is 0.568. The van der Waals surface area contributed by atoms with Crippen LogP contribution in [0.3, 0.4) is 0 Å². The Hall–Kier alpha value is -0.805. The maximum absolute atomic E-state index is 10.3. The number of carbonyl (C=O) groups excluding carboxylic acids is 1. The van der Waals surface area contributed by atoms with Crippen LogP contribution in [0.4, 0.5) is 0 Å². The summed E-state index contributed by atoms with van der Waals surface area (Å²) < 4.78 is 16.9. The molecule has 1 aliphatic carbocycles. The number of hydrogen-bond acceptors (Lipinski definition) is 4. The Kier molecular flexibility index (Phi) is 3.56. The van der Waals surface area contributed by atoms with Gasteiger partial charge in [0.2, 0.25) is 0 Å². The lowest BCUT2D eigenvalue weighted by Crippen LogP contribution is -2.41. The SMILES string of the molecule is CC1(C)OB(C2=C(COC=O)CCC2)OC1(C)C. The van der Waals surface area contributed by atoms with E-state index in [1.54, 1.807) is 0 Å². The number of carbonyl (C=O) groups is 1. The summed E-state index contributed by atoms with van der Waals surface area (Å²) in [7, 11) is -0.289. The molecule has 5 heteroatoms. The zero-order valence-electron chi connectivity index (χ0n) is 11.6. The highest BCUT2D eigenvalue weighted by Gasteiger charge is 2.53. The van der Waals surface area contributed by atoms with Gasteiger partial charge in [-0.3, -0.25) is 4.79 Å². The van der Waals surface area contributed by atoms with E-state index in [9.17, 15) is 4.79 Å². The molecule has 18 heavy (non-hydrogen) atoms. The van der Waals surface area contributed by atoms with E-state index in [0.29, 0.717) is 13.1 Å². The molecule has 1 heterocycles. The third-order valence-electron chi connectivity index (χ3n) is 4.24. The fourth-order valence-electron chi connectivity index (χ4n) is 2.40. The molecular weight excluding hydrogens is 231 g/mol. The van der Waals surface area contributed by atoms with E-state index in [4.69, 9.17) is 14.0 Å². The Balaban J connectivity index is 2.15. The lowest BCUT2D eigenvalue weighted by atomic mass is 9.76. The molecule has 0 saturated carbocycles. The first kappa shape index (κ1) is 13.6. The first-order valence-corrected chi connectivity index (χ1v) is 6.49. The minimum atomic E-state index is -0.316. The van der Waals surface area contributed by atoms with E-state index in [2.05, 4.69) is 0 Å². The summed E-state index contributed by atoms with van der Waals surface area (Å²) in [5.74, 6) is 0. The number of ether oxygens (including phenoxy) is 1. The van der Waals surface area contributed by atoms with E-state index in [-0.39, 0.29) is 18.3 Å². The van der Waals surface area contributed by atoms with Crippen molar-refractivity contribution in [2.45, 2.75) is 58.2 Å². The zero-order chi connectivity index (χ0) is 13.4. The average molecular weight is 252 g/mol. The molecule has 4 nitrogen and oxygen atoms in total. The second-order valence-corrected chi connectivity index (χ2v) is 5.98. The molecule has 0 bridgehead atoms. The third-order valence-corrected chi connectivity index (χ3v) is 4.24. The smallest absolute Gasteiger partial charge is 0.463 e. The minimum Gasteiger partial charge on any atom is -0.463 e. The molecule has 0 radical (unpaired) electrons. The predicted octanol–water partition coefficient (Wildman–Crippen LogP) is 2.27. The molecule has 2 rings (SSSR count). The van der Waals surface area contributed by atoms with Crippen LogP contribution in [0.15, 0.2) is 11.0 Å². The van der Waals surface area contributed by atoms with Crippen LogP contribution in [-0.4, -0.2) is 31.4 Å². The van der Waals surface area contributed by atoms with Crippen molar-refractivity contribution < 1.29 is 18.8 Å². The second kappa shape index (κ2) is 4.70. The van der Waals surface area contributed by atoms with Crippen LogP contribution in [0, 0.1) is 0 Å². The summed E-state index contributed by atoms with van der Waals surface area (Å²) >= 11 is 0. The highest BCUT2D eigenvalue weighted by molar-refractivity contribution is 6.55. The van der Waals surface area contributed by atoms with Gasteiger partial charge in [0.1, 0.15) is 6.61 Å². The molecule has 1 fully saturated rings. The lowest BCUT2D eigenvalue weighted by Gasteiger charge is -2.32. The van der Waals surface area contributed by atoms with E-state index < -0.39 is 0 Å². The standard InChI is InChI=1S/C13H21BO4/c1-12(2)13(3,4)18-14(17-12)11-7-5-6-10(11)8-16-9-15/h9H,5-8H2,1-4H3. The normalized spacial score (nSPS) is 25.7. The summed E-state index contributed by atoms with van der Waals surface area (Å²) in [6.07, 6.45) is 3.01. The topological polar surface area (TPSA) is 44.8 Å². The van der Waals surface area contributed by atoms with Crippen molar-refractivity contribution in [1.82, 2.24) is 0 Å². The summed E-state index contributed by atoms with van der Waals surface area (Å²) in [5, 5.41) is 0. The fourth-order valence-corrected chi connectivity index (χ4v) is 2.40. The molecule has 0 atom stereocenters. The van der Waals surface area contributed by atoms with Gasteiger partial charge < -0.3 is 14.0 Å². The van der Waals surface area contributed by atoms with Gasteiger partial charge in [0.15, 0.2) is 0 Å². The Morgan fingerprint density at radius 2 is 1.83 bits per heavy atom. The second-order valence-electron chi connectivity index (χ2n) is 5.98. The van der Waals surface area contributed by atoms with Crippen LogP contribution >= 0.6 is 0 Å².